The van der Waals surface area contributed by atoms with Gasteiger partial charge in [0.15, 0.2) is 0 Å². The summed E-state index contributed by atoms with van der Waals surface area (Å²) in [5, 5.41) is 9.38. The molecule has 0 saturated heterocycles. The minimum absolute atomic E-state index is 0.196. The maximum absolute atomic E-state index is 12.9. The Labute approximate surface area is 119 Å². The predicted molar refractivity (Wildman–Crippen MR) is 71.9 cm³/mol. The Bertz CT molecular complexity index is 652. The summed E-state index contributed by atoms with van der Waals surface area (Å²) in [6, 6.07) is 10.8. The van der Waals surface area contributed by atoms with Crippen LogP contribution in [-0.4, -0.2) is 0 Å². The van der Waals surface area contributed by atoms with Crippen LogP contribution < -0.4 is 4.74 Å². The summed E-state index contributed by atoms with van der Waals surface area (Å²) in [6.07, 6.45) is 0. The van der Waals surface area contributed by atoms with Gasteiger partial charge in [-0.3, -0.25) is 0 Å². The highest BCUT2D eigenvalue weighted by Gasteiger charge is 2.05. The predicted octanol–water partition coefficient (Wildman–Crippen LogP) is 4.58. The first kappa shape index (κ1) is 13.7. The summed E-state index contributed by atoms with van der Waals surface area (Å²) < 4.78 is 18.4. The van der Waals surface area contributed by atoms with Crippen LogP contribution in [0.25, 0.3) is 0 Å². The van der Waals surface area contributed by atoms with Gasteiger partial charge in [0.25, 0.3) is 0 Å². The lowest BCUT2D eigenvalue weighted by atomic mass is 10.2. The van der Waals surface area contributed by atoms with Crippen molar-refractivity contribution < 1.29 is 9.13 Å². The minimum Gasteiger partial charge on any atom is -0.489 e. The van der Waals surface area contributed by atoms with E-state index in [1.165, 1.54) is 12.1 Å². The third-order valence-electron chi connectivity index (χ3n) is 2.47. The second-order valence-corrected chi connectivity index (χ2v) is 4.59. The molecule has 0 heterocycles. The monoisotopic (exact) mass is 295 g/mol. The second kappa shape index (κ2) is 5.92. The average molecular weight is 296 g/mol. The van der Waals surface area contributed by atoms with Gasteiger partial charge in [-0.2, -0.15) is 5.26 Å². The molecule has 0 saturated carbocycles. The van der Waals surface area contributed by atoms with Crippen molar-refractivity contribution in [1.29, 1.82) is 5.26 Å². The first-order valence-corrected chi connectivity index (χ1v) is 6.12. The van der Waals surface area contributed by atoms with Gasteiger partial charge in [-0.1, -0.05) is 29.3 Å². The molecule has 2 nitrogen and oxygen atoms in total. The number of hydrogen-bond donors (Lipinski definition) is 0. The lowest BCUT2D eigenvalue weighted by molar-refractivity contribution is 0.306. The fraction of sp³-hybridized carbons (Fsp3) is 0.0714. The van der Waals surface area contributed by atoms with Gasteiger partial charge in [-0.05, 0) is 24.3 Å². The zero-order valence-corrected chi connectivity index (χ0v) is 11.2. The largest absolute Gasteiger partial charge is 0.489 e. The number of ether oxygens (including phenoxy) is 1. The summed E-state index contributed by atoms with van der Waals surface area (Å²) in [5.74, 6) is 0.125. The fourth-order valence-electron chi connectivity index (χ4n) is 1.48. The number of nitrogens with zero attached hydrogens (tertiary/aromatic N) is 1. The molecule has 0 amide bonds. The number of hydrogen-bond acceptors (Lipinski definition) is 2. The van der Waals surface area contributed by atoms with Gasteiger partial charge in [0.05, 0.1) is 15.6 Å². The molecule has 0 bridgehead atoms. The molecule has 0 radical (unpaired) electrons. The summed E-state index contributed by atoms with van der Waals surface area (Å²) in [4.78, 5) is 0. The lowest BCUT2D eigenvalue weighted by Gasteiger charge is -2.08. The molecule has 0 atom stereocenters. The van der Waals surface area contributed by atoms with Crippen molar-refractivity contribution in [2.75, 3.05) is 0 Å². The quantitative estimate of drug-likeness (QED) is 0.830. The van der Waals surface area contributed by atoms with Crippen LogP contribution in [0.4, 0.5) is 4.39 Å². The number of halogens is 3. The Morgan fingerprint density at radius 3 is 2.53 bits per heavy atom. The van der Waals surface area contributed by atoms with Gasteiger partial charge in [-0.15, -0.1) is 0 Å². The average Bonchev–Trinajstić information content (AvgIpc) is 2.38. The van der Waals surface area contributed by atoms with E-state index in [0.29, 0.717) is 26.9 Å². The van der Waals surface area contributed by atoms with Crippen LogP contribution in [0, 0.1) is 17.1 Å². The summed E-state index contributed by atoms with van der Waals surface area (Å²) >= 11 is 11.8. The van der Waals surface area contributed by atoms with E-state index in [4.69, 9.17) is 33.2 Å². The van der Waals surface area contributed by atoms with Crippen LogP contribution in [0.15, 0.2) is 36.4 Å². The lowest BCUT2D eigenvalue weighted by Crippen LogP contribution is -1.97. The molecule has 2 aromatic carbocycles. The van der Waals surface area contributed by atoms with Gasteiger partial charge in [0.2, 0.25) is 0 Å². The molecule has 0 N–H and O–H groups in total. The molecule has 0 aliphatic rings. The van der Waals surface area contributed by atoms with Crippen LogP contribution in [0.5, 0.6) is 5.75 Å². The van der Waals surface area contributed by atoms with Crippen molar-refractivity contribution in [3.63, 3.8) is 0 Å². The van der Waals surface area contributed by atoms with Crippen LogP contribution in [0.2, 0.25) is 10.0 Å². The minimum atomic E-state index is -0.393. The smallest absolute Gasteiger partial charge is 0.124 e. The third-order valence-corrected chi connectivity index (χ3v) is 3.14. The molecule has 0 fully saturated rings. The molecule has 2 aromatic rings. The second-order valence-electron chi connectivity index (χ2n) is 3.78. The Kier molecular flexibility index (Phi) is 4.26. The van der Waals surface area contributed by atoms with Crippen molar-refractivity contribution in [3.05, 3.63) is 63.4 Å². The van der Waals surface area contributed by atoms with Crippen LogP contribution in [0.3, 0.4) is 0 Å². The van der Waals surface area contributed by atoms with Crippen molar-refractivity contribution in [3.8, 4) is 11.8 Å². The molecule has 0 unspecified atom stereocenters. The molecule has 5 heteroatoms. The van der Waals surface area contributed by atoms with E-state index >= 15 is 0 Å². The van der Waals surface area contributed by atoms with Crippen molar-refractivity contribution in [1.82, 2.24) is 0 Å². The highest BCUT2D eigenvalue weighted by molar-refractivity contribution is 6.32. The standard InChI is InChI=1S/C14H8Cl2FNO/c15-13-5-11(17)3-1-10(13)8-19-12-4-2-9(7-18)14(16)6-12/h1-6H,8H2. The van der Waals surface area contributed by atoms with Gasteiger partial charge in [0, 0.05) is 11.6 Å². The molecule has 0 spiro atoms. The summed E-state index contributed by atoms with van der Waals surface area (Å²) in [6.45, 7) is 0.196. The molecule has 19 heavy (non-hydrogen) atoms. The SMILES string of the molecule is N#Cc1ccc(OCc2ccc(F)cc2Cl)cc1Cl. The molecule has 0 aliphatic heterocycles. The van der Waals surface area contributed by atoms with Crippen LogP contribution >= 0.6 is 23.2 Å². The van der Waals surface area contributed by atoms with Crippen LogP contribution in [-0.2, 0) is 6.61 Å². The molecule has 0 aliphatic carbocycles. The Morgan fingerprint density at radius 1 is 1.11 bits per heavy atom. The maximum Gasteiger partial charge on any atom is 0.124 e. The Balaban J connectivity index is 2.10. The summed E-state index contributed by atoms with van der Waals surface area (Å²) in [7, 11) is 0. The van der Waals surface area contributed by atoms with Crippen molar-refractivity contribution in [2.45, 2.75) is 6.61 Å². The molecule has 0 aromatic heterocycles. The zero-order chi connectivity index (χ0) is 13.8. The number of rotatable bonds is 3. The topological polar surface area (TPSA) is 33.0 Å². The molecular weight excluding hydrogens is 288 g/mol. The number of nitriles is 1. The number of benzene rings is 2. The highest BCUT2D eigenvalue weighted by atomic mass is 35.5. The van der Waals surface area contributed by atoms with E-state index in [9.17, 15) is 4.39 Å². The van der Waals surface area contributed by atoms with Gasteiger partial charge in [-0.25, -0.2) is 4.39 Å². The van der Waals surface area contributed by atoms with Gasteiger partial charge >= 0.3 is 0 Å². The van der Waals surface area contributed by atoms with E-state index in [1.807, 2.05) is 6.07 Å². The first-order chi connectivity index (χ1) is 9.10. The molecule has 2 rings (SSSR count). The Hall–Kier alpha value is -1.76. The van der Waals surface area contributed by atoms with E-state index in [2.05, 4.69) is 0 Å². The van der Waals surface area contributed by atoms with E-state index in [0.717, 1.165) is 0 Å². The normalized spacial score (nSPS) is 10.0. The highest BCUT2D eigenvalue weighted by Crippen LogP contribution is 2.24. The van der Waals surface area contributed by atoms with Crippen molar-refractivity contribution in [2.24, 2.45) is 0 Å². The summed E-state index contributed by atoms with van der Waals surface area (Å²) in [5.41, 5.74) is 1.05. The van der Waals surface area contributed by atoms with E-state index in [1.54, 1.807) is 24.3 Å². The third kappa shape index (κ3) is 3.37. The van der Waals surface area contributed by atoms with E-state index < -0.39 is 5.82 Å². The molecular formula is C14H8Cl2FNO. The first-order valence-electron chi connectivity index (χ1n) is 5.36. The Morgan fingerprint density at radius 2 is 1.89 bits per heavy atom. The van der Waals surface area contributed by atoms with E-state index in [-0.39, 0.29) is 6.61 Å². The molecule has 96 valence electrons. The maximum atomic E-state index is 12.9. The van der Waals surface area contributed by atoms with Gasteiger partial charge in [0.1, 0.15) is 24.2 Å². The van der Waals surface area contributed by atoms with Gasteiger partial charge < -0.3 is 4.74 Å². The van der Waals surface area contributed by atoms with Crippen LogP contribution in [0.1, 0.15) is 11.1 Å². The zero-order valence-electron chi connectivity index (χ0n) is 9.66. The fourth-order valence-corrected chi connectivity index (χ4v) is 1.91. The van der Waals surface area contributed by atoms with Crippen molar-refractivity contribution >= 4 is 23.2 Å².